The normalized spacial score (nSPS) is 13.9. The van der Waals surface area contributed by atoms with Crippen molar-refractivity contribution in [1.29, 1.82) is 0 Å². The van der Waals surface area contributed by atoms with Gasteiger partial charge in [0.05, 0.1) is 5.69 Å². The van der Waals surface area contributed by atoms with Crippen molar-refractivity contribution in [3.63, 3.8) is 0 Å². The van der Waals surface area contributed by atoms with Crippen LogP contribution in [0.15, 0.2) is 30.3 Å². The highest BCUT2D eigenvalue weighted by Gasteiger charge is 2.46. The smallest absolute Gasteiger partial charge is 0.207 e. The van der Waals surface area contributed by atoms with E-state index in [9.17, 15) is 16.8 Å². The van der Waals surface area contributed by atoms with Crippen molar-refractivity contribution in [2.24, 2.45) is 0 Å². The van der Waals surface area contributed by atoms with E-state index in [1.807, 2.05) is 4.83 Å². The van der Waals surface area contributed by atoms with Crippen LogP contribution < -0.4 is 9.25 Å². The van der Waals surface area contributed by atoms with Crippen molar-refractivity contribution in [3.05, 3.63) is 30.3 Å². The molecule has 0 aliphatic rings. The van der Waals surface area contributed by atoms with Gasteiger partial charge in [0, 0.05) is 0 Å². The van der Waals surface area contributed by atoms with Crippen molar-refractivity contribution < 1.29 is 16.8 Å². The molecule has 126 valence electrons. The minimum atomic E-state index is -4.25. The summed E-state index contributed by atoms with van der Waals surface area (Å²) in [6, 6.07) is 7.65. The molecule has 0 atom stereocenters. The summed E-state index contributed by atoms with van der Waals surface area (Å²) in [5.41, 5.74) is 0.0885. The van der Waals surface area contributed by atoms with Crippen molar-refractivity contribution in [1.82, 2.24) is 4.83 Å². The van der Waals surface area contributed by atoms with Gasteiger partial charge in [-0.3, -0.25) is 0 Å². The first-order valence-corrected chi connectivity index (χ1v) is 12.6. The maximum absolute atomic E-state index is 12.6. The number of anilines is 1. The fourth-order valence-electron chi connectivity index (χ4n) is 1.07. The fraction of sp³-hybridized carbons (Fsp3) is 0.250. The first kappa shape index (κ1) is 21.8. The van der Waals surface area contributed by atoms with Crippen LogP contribution in [0, 0.1) is 0 Å². The van der Waals surface area contributed by atoms with E-state index in [1.165, 1.54) is 12.1 Å². The number of benzene rings is 1. The standard InChI is InChI=1S/C8H6Br6N2O4S2/c9-7(10,11)21(17,18)15-16(6-4-2-1-3-5-6)22(19,20)8(12,13)14/h1-5,15H. The van der Waals surface area contributed by atoms with Gasteiger partial charge in [0.1, 0.15) is 0 Å². The molecule has 14 heteroatoms. The second-order valence-electron chi connectivity index (χ2n) is 3.59. The number of hydrogen-bond acceptors (Lipinski definition) is 4. The van der Waals surface area contributed by atoms with E-state index in [4.69, 9.17) is 0 Å². The zero-order valence-corrected chi connectivity index (χ0v) is 21.2. The third-order valence-corrected chi connectivity index (χ3v) is 12.1. The Morgan fingerprint density at radius 2 is 1.27 bits per heavy atom. The van der Waals surface area contributed by atoms with Crippen molar-refractivity contribution >= 4 is 121 Å². The van der Waals surface area contributed by atoms with E-state index in [0.29, 0.717) is 4.41 Å². The Morgan fingerprint density at radius 1 is 0.818 bits per heavy atom. The summed E-state index contributed by atoms with van der Waals surface area (Å²) in [6.07, 6.45) is 0. The van der Waals surface area contributed by atoms with Crippen LogP contribution >= 0.6 is 95.6 Å². The van der Waals surface area contributed by atoms with Crippen molar-refractivity contribution in [2.75, 3.05) is 4.41 Å². The van der Waals surface area contributed by atoms with Gasteiger partial charge in [0.25, 0.3) is 21.5 Å². The molecule has 6 nitrogen and oxygen atoms in total. The predicted octanol–water partition coefficient (Wildman–Crippen LogP) is 4.25. The molecule has 0 radical (unpaired) electrons. The minimum Gasteiger partial charge on any atom is -0.207 e. The monoisotopic (exact) mass is 731 g/mol. The summed E-state index contributed by atoms with van der Waals surface area (Å²) in [5.74, 6) is 0. The predicted molar refractivity (Wildman–Crippen MR) is 109 cm³/mol. The number of sulfonamides is 2. The number of hydrazine groups is 1. The second-order valence-corrected chi connectivity index (χ2v) is 24.0. The fourth-order valence-corrected chi connectivity index (χ4v) is 4.74. The molecule has 1 N–H and O–H groups in total. The van der Waals surface area contributed by atoms with E-state index in [0.717, 1.165) is 0 Å². The molecule has 22 heavy (non-hydrogen) atoms. The first-order chi connectivity index (χ1) is 9.70. The van der Waals surface area contributed by atoms with Crippen LogP contribution in [0.5, 0.6) is 0 Å². The zero-order valence-electron chi connectivity index (χ0n) is 10.1. The molecule has 0 fully saturated rings. The maximum Gasteiger partial charge on any atom is 0.285 e. The Balaban J connectivity index is 3.46. The topological polar surface area (TPSA) is 83.6 Å². The molecule has 0 aliphatic carbocycles. The SMILES string of the molecule is O=S(=O)(NN(c1ccccc1)S(=O)(=O)C(Br)(Br)Br)C(Br)(Br)Br. The molecule has 0 aliphatic heterocycles. The van der Waals surface area contributed by atoms with E-state index >= 15 is 0 Å². The third-order valence-electron chi connectivity index (χ3n) is 2.03. The average molecular weight is 738 g/mol. The molecule has 0 heterocycles. The van der Waals surface area contributed by atoms with Crippen LogP contribution in [0.3, 0.4) is 0 Å². The first-order valence-electron chi connectivity index (χ1n) is 4.95. The molecule has 1 aromatic rings. The Morgan fingerprint density at radius 3 is 1.64 bits per heavy atom. The highest BCUT2D eigenvalue weighted by molar-refractivity contribution is 9.42. The van der Waals surface area contributed by atoms with Crippen LogP contribution in [-0.2, 0) is 20.0 Å². The molecule has 0 bridgehead atoms. The van der Waals surface area contributed by atoms with Crippen LogP contribution in [0.2, 0.25) is 0 Å². The van der Waals surface area contributed by atoms with Gasteiger partial charge < -0.3 is 0 Å². The summed E-state index contributed by atoms with van der Waals surface area (Å²) in [4.78, 5) is 1.98. The summed E-state index contributed by atoms with van der Waals surface area (Å²) < 4.78 is 46.5. The van der Waals surface area contributed by atoms with Crippen molar-refractivity contribution in [3.8, 4) is 0 Å². The molecule has 0 aromatic heterocycles. The number of para-hydroxylation sites is 1. The summed E-state index contributed by atoms with van der Waals surface area (Å²) in [6.45, 7) is 0. The Labute approximate surface area is 178 Å². The second kappa shape index (κ2) is 7.56. The lowest BCUT2D eigenvalue weighted by molar-refractivity contribution is 0.573. The van der Waals surface area contributed by atoms with Crippen LogP contribution in [-0.4, -0.2) is 19.8 Å². The summed E-state index contributed by atoms with van der Waals surface area (Å²) in [5, 5.41) is 0. The summed E-state index contributed by atoms with van der Waals surface area (Å²) in [7, 11) is -8.46. The Bertz CT molecular complexity index is 726. The van der Waals surface area contributed by atoms with Gasteiger partial charge in [-0.05, 0) is 108 Å². The third kappa shape index (κ3) is 5.13. The van der Waals surface area contributed by atoms with Gasteiger partial charge in [-0.25, -0.2) is 16.8 Å². The molecule has 0 amide bonds. The number of nitrogens with one attached hydrogen (secondary N) is 1. The lowest BCUT2D eigenvalue weighted by atomic mass is 10.3. The molecular formula is C8H6Br6N2O4S2. The quantitative estimate of drug-likeness (QED) is 0.371. The van der Waals surface area contributed by atoms with Crippen LogP contribution in [0.4, 0.5) is 5.69 Å². The number of rotatable bonds is 4. The van der Waals surface area contributed by atoms with E-state index in [2.05, 4.69) is 95.6 Å². The van der Waals surface area contributed by atoms with Gasteiger partial charge in [-0.15, -0.1) is 4.83 Å². The molecular weight excluding hydrogens is 732 g/mol. The molecule has 1 rings (SSSR count). The maximum atomic E-state index is 12.6. The Kier molecular flexibility index (Phi) is 7.49. The van der Waals surface area contributed by atoms with E-state index in [1.54, 1.807) is 18.2 Å². The van der Waals surface area contributed by atoms with E-state index in [-0.39, 0.29) is 5.69 Å². The zero-order chi connectivity index (χ0) is 17.4. The number of hydrogen-bond donors (Lipinski definition) is 1. The lowest BCUT2D eigenvalue weighted by Crippen LogP contribution is -2.52. The van der Waals surface area contributed by atoms with Crippen molar-refractivity contribution in [2.45, 2.75) is 2.95 Å². The van der Waals surface area contributed by atoms with Gasteiger partial charge >= 0.3 is 0 Å². The van der Waals surface area contributed by atoms with Crippen LogP contribution in [0.25, 0.3) is 0 Å². The minimum absolute atomic E-state index is 0.0885. The lowest BCUT2D eigenvalue weighted by Gasteiger charge is -2.29. The molecule has 1 aromatic carbocycles. The number of alkyl halides is 6. The molecule has 0 saturated heterocycles. The Hall–Kier alpha value is 1.76. The van der Waals surface area contributed by atoms with Gasteiger partial charge in [0.2, 0.25) is 1.47 Å². The largest absolute Gasteiger partial charge is 0.285 e. The molecule has 0 saturated carbocycles. The summed E-state index contributed by atoms with van der Waals surface area (Å²) >= 11 is 17.2. The number of nitrogens with zero attached hydrogens (tertiary/aromatic N) is 1. The highest BCUT2D eigenvalue weighted by Crippen LogP contribution is 2.43. The average Bonchev–Trinajstić information content (AvgIpc) is 2.34. The highest BCUT2D eigenvalue weighted by atomic mass is 80.0. The molecule has 0 unspecified atom stereocenters. The molecule has 0 spiro atoms. The van der Waals surface area contributed by atoms with Crippen LogP contribution in [0.1, 0.15) is 0 Å². The van der Waals surface area contributed by atoms with Gasteiger partial charge in [-0.2, -0.15) is 4.41 Å². The number of halogens is 6. The van der Waals surface area contributed by atoms with Gasteiger partial charge in [-0.1, -0.05) is 18.2 Å². The van der Waals surface area contributed by atoms with Gasteiger partial charge in [0.15, 0.2) is 0 Å². The van der Waals surface area contributed by atoms with E-state index < -0.39 is 23.0 Å².